The molecule has 9 rings (SSSR count). The molecule has 1 heterocycles. The van der Waals surface area contributed by atoms with Crippen LogP contribution in [0, 0.1) is 6.92 Å². The topological polar surface area (TPSA) is 37.6 Å². The van der Waals surface area contributed by atoms with Crippen LogP contribution in [0.3, 0.4) is 0 Å². The summed E-state index contributed by atoms with van der Waals surface area (Å²) in [5, 5.41) is 12.2. The van der Waals surface area contributed by atoms with Crippen LogP contribution in [-0.4, -0.2) is 16.8 Å². The summed E-state index contributed by atoms with van der Waals surface area (Å²) in [6, 6.07) is 54.5. The van der Waals surface area contributed by atoms with Crippen LogP contribution in [0.5, 0.6) is 5.75 Å². The van der Waals surface area contributed by atoms with Crippen molar-refractivity contribution in [2.45, 2.75) is 32.8 Å². The fourth-order valence-corrected chi connectivity index (χ4v) is 8.12. The molecule has 52 heavy (non-hydrogen) atoms. The maximum atomic E-state index is 9.72. The Bertz CT molecular complexity index is 2570. The van der Waals surface area contributed by atoms with Gasteiger partial charge in [0.25, 0.3) is 0 Å². The lowest BCUT2D eigenvalue weighted by atomic mass is 9.82. The first-order valence-electron chi connectivity index (χ1n) is 17.9. The van der Waals surface area contributed by atoms with Gasteiger partial charge in [-0.05, 0) is 131 Å². The van der Waals surface area contributed by atoms with Crippen molar-refractivity contribution in [2.75, 3.05) is 12.0 Å². The minimum absolute atomic E-state index is 0.00811. The van der Waals surface area contributed by atoms with Gasteiger partial charge in [-0.1, -0.05) is 86.1 Å². The number of aromatic nitrogens is 1. The van der Waals surface area contributed by atoms with E-state index in [0.29, 0.717) is 0 Å². The summed E-state index contributed by atoms with van der Waals surface area (Å²) in [6.45, 7) is 6.85. The average Bonchev–Trinajstić information content (AvgIpc) is 3.62. The maximum absolute atomic E-state index is 9.72. The molecule has 0 fully saturated rings. The summed E-state index contributed by atoms with van der Waals surface area (Å²) in [6.07, 6.45) is 0. The highest BCUT2D eigenvalue weighted by atomic mass is 16.5. The monoisotopic (exact) mass is 676 g/mol. The number of aliphatic hydroxyl groups is 1. The number of rotatable bonds is 7. The molecule has 0 radical (unpaired) electrons. The number of hydrogen-bond donors (Lipinski definition) is 1. The van der Waals surface area contributed by atoms with Gasteiger partial charge in [0.2, 0.25) is 0 Å². The number of aliphatic hydroxyl groups excluding tert-OH is 1. The van der Waals surface area contributed by atoms with Crippen molar-refractivity contribution in [2.24, 2.45) is 0 Å². The van der Waals surface area contributed by atoms with E-state index in [9.17, 15) is 5.11 Å². The molecule has 0 bridgehead atoms. The highest BCUT2D eigenvalue weighted by Gasteiger charge is 2.36. The average molecular weight is 677 g/mol. The molecule has 0 amide bonds. The van der Waals surface area contributed by atoms with Gasteiger partial charge in [0.15, 0.2) is 0 Å². The van der Waals surface area contributed by atoms with E-state index in [1.807, 2.05) is 24.3 Å². The van der Waals surface area contributed by atoms with Crippen molar-refractivity contribution in [1.82, 2.24) is 4.57 Å². The Hall–Kier alpha value is -6.10. The van der Waals surface area contributed by atoms with Crippen molar-refractivity contribution < 1.29 is 9.84 Å². The summed E-state index contributed by atoms with van der Waals surface area (Å²) < 4.78 is 7.91. The Labute approximate surface area is 304 Å². The Balaban J connectivity index is 1.23. The first-order chi connectivity index (χ1) is 25.3. The lowest BCUT2D eigenvalue weighted by molar-refractivity contribution is 0.282. The molecule has 0 saturated carbocycles. The van der Waals surface area contributed by atoms with Gasteiger partial charge in [0.1, 0.15) is 5.75 Å². The zero-order chi connectivity index (χ0) is 35.6. The number of fused-ring (bicyclic) bond motifs is 6. The largest absolute Gasteiger partial charge is 0.497 e. The number of ether oxygens (including phenoxy) is 1. The van der Waals surface area contributed by atoms with E-state index >= 15 is 0 Å². The van der Waals surface area contributed by atoms with Gasteiger partial charge in [-0.25, -0.2) is 0 Å². The van der Waals surface area contributed by atoms with Gasteiger partial charge in [-0.15, -0.1) is 0 Å². The van der Waals surface area contributed by atoms with E-state index in [0.717, 1.165) is 45.2 Å². The minimum Gasteiger partial charge on any atom is -0.497 e. The summed E-state index contributed by atoms with van der Waals surface area (Å²) in [4.78, 5) is 2.24. The Morgan fingerprint density at radius 2 is 1.29 bits per heavy atom. The van der Waals surface area contributed by atoms with Crippen LogP contribution in [0.1, 0.15) is 36.1 Å². The van der Waals surface area contributed by atoms with E-state index in [2.05, 4.69) is 158 Å². The number of methoxy groups -OCH3 is 1. The van der Waals surface area contributed by atoms with Crippen LogP contribution < -0.4 is 9.64 Å². The van der Waals surface area contributed by atoms with Crippen molar-refractivity contribution in [3.8, 4) is 33.7 Å². The normalized spacial score (nSPS) is 12.9. The molecular formula is C48H40N2O2. The molecule has 1 aliphatic carbocycles. The Morgan fingerprint density at radius 3 is 2.02 bits per heavy atom. The van der Waals surface area contributed by atoms with Gasteiger partial charge in [0.05, 0.1) is 24.8 Å². The smallest absolute Gasteiger partial charge is 0.119 e. The molecule has 0 unspecified atom stereocenters. The SMILES string of the molecule is COc1ccc(N(c2ccc(CO)cc2)c2cccc(-c3ccc4c(c3)c3cc5c(cc3n4-c3ccc(C)cc3)C(C)(C)c3ccccc3-5)c2)cc1. The zero-order valence-electron chi connectivity index (χ0n) is 29.9. The van der Waals surface area contributed by atoms with Crippen LogP contribution in [0.2, 0.25) is 0 Å². The van der Waals surface area contributed by atoms with E-state index < -0.39 is 0 Å². The number of anilines is 3. The fraction of sp³-hybridized carbons (Fsp3) is 0.125. The molecule has 1 N–H and O–H groups in total. The second-order valence-corrected chi connectivity index (χ2v) is 14.4. The van der Waals surface area contributed by atoms with E-state index in [4.69, 9.17) is 4.74 Å². The zero-order valence-corrected chi connectivity index (χ0v) is 29.9. The molecule has 8 aromatic rings. The van der Waals surface area contributed by atoms with Gasteiger partial charge in [0, 0.05) is 38.9 Å². The molecule has 0 atom stereocenters. The molecule has 0 spiro atoms. The van der Waals surface area contributed by atoms with Crippen molar-refractivity contribution >= 4 is 38.9 Å². The van der Waals surface area contributed by atoms with E-state index in [1.165, 1.54) is 49.6 Å². The van der Waals surface area contributed by atoms with Crippen LogP contribution in [0.25, 0.3) is 49.7 Å². The molecule has 7 aromatic carbocycles. The number of nitrogens with zero attached hydrogens (tertiary/aromatic N) is 2. The third-order valence-corrected chi connectivity index (χ3v) is 10.9. The van der Waals surface area contributed by atoms with Gasteiger partial charge >= 0.3 is 0 Å². The predicted octanol–water partition coefficient (Wildman–Crippen LogP) is 12.0. The third-order valence-electron chi connectivity index (χ3n) is 10.9. The molecular weight excluding hydrogens is 637 g/mol. The predicted molar refractivity (Wildman–Crippen MR) is 216 cm³/mol. The van der Waals surface area contributed by atoms with Crippen LogP contribution in [0.15, 0.2) is 152 Å². The Kier molecular flexibility index (Phi) is 7.53. The number of benzene rings is 7. The molecule has 4 nitrogen and oxygen atoms in total. The summed E-state index contributed by atoms with van der Waals surface area (Å²) in [5.74, 6) is 0.809. The van der Waals surface area contributed by atoms with Gasteiger partial charge in [-0.2, -0.15) is 0 Å². The van der Waals surface area contributed by atoms with Gasteiger partial charge in [-0.3, -0.25) is 0 Å². The second-order valence-electron chi connectivity index (χ2n) is 14.4. The van der Waals surface area contributed by atoms with Gasteiger partial charge < -0.3 is 19.3 Å². The highest BCUT2D eigenvalue weighted by Crippen LogP contribution is 2.51. The lowest BCUT2D eigenvalue weighted by Gasteiger charge is -2.26. The minimum atomic E-state index is -0.0888. The summed E-state index contributed by atoms with van der Waals surface area (Å²) >= 11 is 0. The van der Waals surface area contributed by atoms with Crippen LogP contribution >= 0.6 is 0 Å². The first-order valence-corrected chi connectivity index (χ1v) is 17.9. The van der Waals surface area contributed by atoms with Crippen molar-refractivity contribution in [1.29, 1.82) is 0 Å². The lowest BCUT2D eigenvalue weighted by Crippen LogP contribution is -2.14. The third kappa shape index (κ3) is 5.10. The molecule has 4 heteroatoms. The standard InChI is InChI=1S/C48H40N2O2/c1-31-12-17-37(18-13-31)50-46-25-16-34(27-42(46)43-28-41-40-10-5-6-11-44(40)48(2,3)45(41)29-47(43)50)33-8-7-9-38(26-33)49(35-19-14-32(30-51)15-20-35)36-21-23-39(52-4)24-22-36/h5-29,51H,30H2,1-4H3. The first kappa shape index (κ1) is 31.9. The number of aryl methyl sites for hydroxylation is 1. The fourth-order valence-electron chi connectivity index (χ4n) is 8.12. The molecule has 1 aromatic heterocycles. The van der Waals surface area contributed by atoms with E-state index in [1.54, 1.807) is 7.11 Å². The van der Waals surface area contributed by atoms with Crippen LogP contribution in [-0.2, 0) is 12.0 Å². The van der Waals surface area contributed by atoms with E-state index in [-0.39, 0.29) is 12.0 Å². The maximum Gasteiger partial charge on any atom is 0.119 e. The van der Waals surface area contributed by atoms with Crippen molar-refractivity contribution in [3.05, 3.63) is 174 Å². The summed E-state index contributed by atoms with van der Waals surface area (Å²) in [7, 11) is 1.69. The molecule has 0 aliphatic heterocycles. The summed E-state index contributed by atoms with van der Waals surface area (Å²) in [5.41, 5.74) is 16.4. The second kappa shape index (κ2) is 12.3. The molecule has 254 valence electrons. The molecule has 0 saturated heterocycles. The highest BCUT2D eigenvalue weighted by molar-refractivity contribution is 6.12. The number of hydrogen-bond acceptors (Lipinski definition) is 3. The van der Waals surface area contributed by atoms with Crippen molar-refractivity contribution in [3.63, 3.8) is 0 Å². The Morgan fingerprint density at radius 1 is 0.596 bits per heavy atom. The molecule has 1 aliphatic rings. The van der Waals surface area contributed by atoms with Crippen LogP contribution in [0.4, 0.5) is 17.1 Å². The quantitative estimate of drug-likeness (QED) is 0.183.